The third kappa shape index (κ3) is 3.10. The van der Waals surface area contributed by atoms with Gasteiger partial charge in [-0.1, -0.05) is 6.07 Å². The molecule has 130 valence electrons. The molecule has 2 aromatic carbocycles. The summed E-state index contributed by atoms with van der Waals surface area (Å²) in [6.07, 6.45) is -2.67. The van der Waals surface area contributed by atoms with Gasteiger partial charge in [0.25, 0.3) is 0 Å². The summed E-state index contributed by atoms with van der Waals surface area (Å²) in [5.41, 5.74) is -0.141. The Morgan fingerprint density at radius 3 is 2.44 bits per heavy atom. The number of sulfone groups is 1. The monoisotopic (exact) mass is 368 g/mol. The van der Waals surface area contributed by atoms with Gasteiger partial charge in [-0.05, 0) is 36.4 Å². The summed E-state index contributed by atoms with van der Waals surface area (Å²) >= 11 is 0. The summed E-state index contributed by atoms with van der Waals surface area (Å²) < 4.78 is 63.7. The van der Waals surface area contributed by atoms with Gasteiger partial charge >= 0.3 is 6.18 Å². The number of benzene rings is 2. The van der Waals surface area contributed by atoms with E-state index in [-0.39, 0.29) is 4.90 Å². The summed E-state index contributed by atoms with van der Waals surface area (Å²) in [6, 6.07) is 7.64. The van der Waals surface area contributed by atoms with E-state index >= 15 is 0 Å². The zero-order valence-corrected chi connectivity index (χ0v) is 13.3. The number of fused-ring (bicyclic) bond motifs is 1. The molecule has 3 rings (SSSR count). The smallest absolute Gasteiger partial charge is 0.359 e. The molecule has 9 heteroatoms. The second kappa shape index (κ2) is 5.92. The van der Waals surface area contributed by atoms with Crippen LogP contribution in [-0.4, -0.2) is 19.8 Å². The normalized spacial score (nSPS) is 12.3. The first-order valence-electron chi connectivity index (χ1n) is 6.97. The van der Waals surface area contributed by atoms with Crippen LogP contribution in [0.1, 0.15) is 5.56 Å². The SMILES string of the molecule is O=CNc1c[nH]c2cc(S(=O)(=O)c3cccc(C(F)(F)F)c3)ccc12. The van der Waals surface area contributed by atoms with Crippen molar-refractivity contribution in [3.8, 4) is 0 Å². The molecule has 1 aromatic heterocycles. The van der Waals surface area contributed by atoms with E-state index in [0.29, 0.717) is 29.1 Å². The van der Waals surface area contributed by atoms with Crippen molar-refractivity contribution in [3.63, 3.8) is 0 Å². The van der Waals surface area contributed by atoms with E-state index in [1.54, 1.807) is 0 Å². The number of H-pyrrole nitrogens is 1. The fourth-order valence-electron chi connectivity index (χ4n) is 2.43. The predicted molar refractivity (Wildman–Crippen MR) is 84.9 cm³/mol. The molecule has 3 aromatic rings. The molecule has 0 atom stereocenters. The average molecular weight is 368 g/mol. The zero-order chi connectivity index (χ0) is 18.2. The van der Waals surface area contributed by atoms with Crippen LogP contribution < -0.4 is 5.32 Å². The molecule has 0 fully saturated rings. The van der Waals surface area contributed by atoms with E-state index in [1.807, 2.05) is 0 Å². The highest BCUT2D eigenvalue weighted by Crippen LogP contribution is 2.33. The van der Waals surface area contributed by atoms with E-state index in [0.717, 1.165) is 18.2 Å². The first-order valence-corrected chi connectivity index (χ1v) is 8.45. The second-order valence-corrected chi connectivity index (χ2v) is 7.15. The average Bonchev–Trinajstić information content (AvgIpc) is 2.97. The highest BCUT2D eigenvalue weighted by atomic mass is 32.2. The summed E-state index contributed by atoms with van der Waals surface area (Å²) in [4.78, 5) is 12.7. The van der Waals surface area contributed by atoms with Crippen molar-refractivity contribution >= 4 is 32.8 Å². The number of halogens is 3. The molecule has 25 heavy (non-hydrogen) atoms. The fourth-order valence-corrected chi connectivity index (χ4v) is 3.76. The Kier molecular flexibility index (Phi) is 4.03. The van der Waals surface area contributed by atoms with E-state index in [9.17, 15) is 26.4 Å². The van der Waals surface area contributed by atoms with Crippen LogP contribution in [0, 0.1) is 0 Å². The Morgan fingerprint density at radius 2 is 1.76 bits per heavy atom. The molecule has 5 nitrogen and oxygen atoms in total. The lowest BCUT2D eigenvalue weighted by Crippen LogP contribution is -2.08. The minimum absolute atomic E-state index is 0.154. The van der Waals surface area contributed by atoms with Gasteiger partial charge < -0.3 is 10.3 Å². The standard InChI is InChI=1S/C16H11F3N2O3S/c17-16(18,19)10-2-1-3-11(6-10)25(23,24)12-4-5-13-14(7-12)20-8-15(13)21-9-22/h1-9,20H,(H,21,22). The summed E-state index contributed by atoms with van der Waals surface area (Å²) in [5.74, 6) is 0. The number of rotatable bonds is 4. The van der Waals surface area contributed by atoms with Gasteiger partial charge in [0, 0.05) is 17.1 Å². The molecule has 0 unspecified atom stereocenters. The maximum Gasteiger partial charge on any atom is 0.416 e. The first-order chi connectivity index (χ1) is 11.7. The summed E-state index contributed by atoms with van der Waals surface area (Å²) in [5, 5.41) is 3.04. The lowest BCUT2D eigenvalue weighted by Gasteiger charge is -2.10. The fraction of sp³-hybridized carbons (Fsp3) is 0.0625. The predicted octanol–water partition coefficient (Wildman–Crippen LogP) is 3.59. The van der Waals surface area contributed by atoms with Crippen LogP contribution >= 0.6 is 0 Å². The van der Waals surface area contributed by atoms with Crippen molar-refractivity contribution in [2.75, 3.05) is 5.32 Å². The molecule has 0 spiro atoms. The van der Waals surface area contributed by atoms with Crippen LogP contribution in [0.15, 0.2) is 58.5 Å². The van der Waals surface area contributed by atoms with Gasteiger partial charge in [-0.25, -0.2) is 8.42 Å². The maximum absolute atomic E-state index is 12.8. The van der Waals surface area contributed by atoms with Crippen LogP contribution in [0.2, 0.25) is 0 Å². The Labute approximate surface area is 140 Å². The number of aromatic amines is 1. The minimum Gasteiger partial charge on any atom is -0.359 e. The van der Waals surface area contributed by atoms with Crippen molar-refractivity contribution in [1.29, 1.82) is 0 Å². The number of anilines is 1. The Bertz CT molecular complexity index is 1060. The molecular weight excluding hydrogens is 357 g/mol. The third-order valence-corrected chi connectivity index (χ3v) is 5.40. The highest BCUT2D eigenvalue weighted by molar-refractivity contribution is 7.91. The first kappa shape index (κ1) is 17.0. The van der Waals surface area contributed by atoms with Gasteiger partial charge in [-0.2, -0.15) is 13.2 Å². The number of amides is 1. The van der Waals surface area contributed by atoms with Gasteiger partial charge in [-0.3, -0.25) is 4.79 Å². The van der Waals surface area contributed by atoms with Crippen molar-refractivity contribution in [2.45, 2.75) is 16.0 Å². The molecule has 2 N–H and O–H groups in total. The molecule has 0 radical (unpaired) electrons. The molecule has 1 amide bonds. The molecule has 0 saturated heterocycles. The maximum atomic E-state index is 12.8. The lowest BCUT2D eigenvalue weighted by molar-refractivity contribution is -0.137. The van der Waals surface area contributed by atoms with E-state index in [1.165, 1.54) is 24.4 Å². The topological polar surface area (TPSA) is 79.0 Å². The van der Waals surface area contributed by atoms with E-state index in [2.05, 4.69) is 10.3 Å². The minimum atomic E-state index is -4.63. The molecule has 0 aliphatic carbocycles. The van der Waals surface area contributed by atoms with Crippen LogP contribution in [-0.2, 0) is 20.8 Å². The number of carbonyl (C=O) groups is 1. The van der Waals surface area contributed by atoms with Crippen LogP contribution in [0.3, 0.4) is 0 Å². The third-order valence-electron chi connectivity index (χ3n) is 3.65. The molecule has 0 saturated carbocycles. The number of aromatic nitrogens is 1. The van der Waals surface area contributed by atoms with Crippen LogP contribution in [0.4, 0.5) is 18.9 Å². The number of alkyl halides is 3. The highest BCUT2D eigenvalue weighted by Gasteiger charge is 2.32. The number of nitrogens with one attached hydrogen (secondary N) is 2. The molecule has 0 bridgehead atoms. The molecular formula is C16H11F3N2O3S. The largest absolute Gasteiger partial charge is 0.416 e. The van der Waals surface area contributed by atoms with Crippen molar-refractivity contribution in [1.82, 2.24) is 4.98 Å². The van der Waals surface area contributed by atoms with Crippen molar-refractivity contribution in [3.05, 3.63) is 54.2 Å². The number of carbonyl (C=O) groups excluding carboxylic acids is 1. The lowest BCUT2D eigenvalue weighted by atomic mass is 10.2. The quantitative estimate of drug-likeness (QED) is 0.691. The summed E-state index contributed by atoms with van der Waals surface area (Å²) in [7, 11) is -4.13. The Morgan fingerprint density at radius 1 is 1.04 bits per heavy atom. The van der Waals surface area contributed by atoms with Crippen LogP contribution in [0.25, 0.3) is 10.9 Å². The molecule has 0 aliphatic rings. The van der Waals surface area contributed by atoms with Gasteiger partial charge in [-0.15, -0.1) is 0 Å². The number of hydrogen-bond acceptors (Lipinski definition) is 3. The van der Waals surface area contributed by atoms with Gasteiger partial charge in [0.05, 0.1) is 21.0 Å². The molecule has 1 heterocycles. The second-order valence-electron chi connectivity index (χ2n) is 5.20. The van der Waals surface area contributed by atoms with Crippen molar-refractivity contribution in [2.24, 2.45) is 0 Å². The van der Waals surface area contributed by atoms with Gasteiger partial charge in [0.15, 0.2) is 0 Å². The number of hydrogen-bond donors (Lipinski definition) is 2. The van der Waals surface area contributed by atoms with Gasteiger partial charge in [0.2, 0.25) is 16.2 Å². The van der Waals surface area contributed by atoms with E-state index in [4.69, 9.17) is 0 Å². The molecule has 0 aliphatic heterocycles. The Balaban J connectivity index is 2.09. The van der Waals surface area contributed by atoms with E-state index < -0.39 is 26.5 Å². The zero-order valence-electron chi connectivity index (χ0n) is 12.5. The van der Waals surface area contributed by atoms with Crippen LogP contribution in [0.5, 0.6) is 0 Å². The van der Waals surface area contributed by atoms with Gasteiger partial charge in [0.1, 0.15) is 0 Å². The Hall–Kier alpha value is -2.81. The van der Waals surface area contributed by atoms with Crippen molar-refractivity contribution < 1.29 is 26.4 Å². The summed E-state index contributed by atoms with van der Waals surface area (Å²) in [6.45, 7) is 0.